The Morgan fingerprint density at radius 1 is 0.690 bits per heavy atom. The summed E-state index contributed by atoms with van der Waals surface area (Å²) < 4.78 is 12.5. The Kier molecular flexibility index (Phi) is 5.61. The van der Waals surface area contributed by atoms with Gasteiger partial charge in [-0.05, 0) is 48.5 Å². The van der Waals surface area contributed by atoms with Crippen molar-refractivity contribution in [3.05, 3.63) is 48.5 Å². The minimum Gasteiger partial charge on any atom is -0.497 e. The minimum absolute atomic E-state index is 0.516. The van der Waals surface area contributed by atoms with E-state index in [0.29, 0.717) is 10.3 Å². The van der Waals surface area contributed by atoms with Crippen LogP contribution in [0.1, 0.15) is 0 Å². The molecule has 2 aromatic carbocycles. The minimum atomic E-state index is 0.516. The second-order valence-corrected chi connectivity index (χ2v) is 9.53. The van der Waals surface area contributed by atoms with Gasteiger partial charge < -0.3 is 20.9 Å². The maximum atomic E-state index is 6.03. The Morgan fingerprint density at radius 2 is 1.07 bits per heavy atom. The lowest BCUT2D eigenvalue weighted by Crippen LogP contribution is -1.86. The summed E-state index contributed by atoms with van der Waals surface area (Å²) >= 11 is 4.48. The molecule has 29 heavy (non-hydrogen) atoms. The van der Waals surface area contributed by atoms with Gasteiger partial charge in [0.2, 0.25) is 0 Å². The average Bonchev–Trinajstić information content (AvgIpc) is 3.30. The molecule has 0 amide bonds. The summed E-state index contributed by atoms with van der Waals surface area (Å²) in [5.41, 5.74) is 15.7. The highest BCUT2D eigenvalue weighted by Gasteiger charge is 2.19. The molecule has 4 N–H and O–H groups in total. The van der Waals surface area contributed by atoms with E-state index < -0.39 is 0 Å². The first-order valence-electron chi connectivity index (χ1n) is 8.56. The largest absolute Gasteiger partial charge is 0.497 e. The highest BCUT2D eigenvalue weighted by atomic mass is 32.2. The van der Waals surface area contributed by atoms with Crippen molar-refractivity contribution >= 4 is 44.7 Å². The molecule has 0 aliphatic rings. The van der Waals surface area contributed by atoms with Crippen molar-refractivity contribution < 1.29 is 9.47 Å². The maximum Gasteiger partial charge on any atom is 0.181 e. The maximum absolute atomic E-state index is 6.03. The first-order valence-corrected chi connectivity index (χ1v) is 11.0. The predicted molar refractivity (Wildman–Crippen MR) is 121 cm³/mol. The number of anilines is 2. The second kappa shape index (κ2) is 8.32. The molecule has 0 saturated heterocycles. The number of nitrogen functional groups attached to an aromatic ring is 2. The van der Waals surface area contributed by atoms with E-state index in [1.54, 1.807) is 26.0 Å². The zero-order chi connectivity index (χ0) is 20.4. The zero-order valence-corrected chi connectivity index (χ0v) is 18.2. The molecule has 148 valence electrons. The van der Waals surface area contributed by atoms with Crippen molar-refractivity contribution in [2.45, 2.75) is 8.42 Å². The Hall–Kier alpha value is -2.75. The van der Waals surface area contributed by atoms with E-state index in [-0.39, 0.29) is 0 Å². The van der Waals surface area contributed by atoms with E-state index >= 15 is 0 Å². The summed E-state index contributed by atoms with van der Waals surface area (Å²) in [5.74, 6) is 1.59. The van der Waals surface area contributed by atoms with Crippen LogP contribution in [0.15, 0.2) is 56.9 Å². The third kappa shape index (κ3) is 4.16. The summed E-state index contributed by atoms with van der Waals surface area (Å²) in [6, 6.07) is 15.5. The van der Waals surface area contributed by atoms with Crippen LogP contribution in [0.2, 0.25) is 0 Å². The van der Waals surface area contributed by atoms with Gasteiger partial charge in [-0.25, -0.2) is 9.97 Å². The Bertz CT molecular complexity index is 1030. The smallest absolute Gasteiger partial charge is 0.181 e. The van der Waals surface area contributed by atoms with Gasteiger partial charge in [0.25, 0.3) is 0 Å². The predicted octanol–water partition coefficient (Wildman–Crippen LogP) is 5.27. The van der Waals surface area contributed by atoms with Gasteiger partial charge >= 0.3 is 0 Å². The molecule has 6 nitrogen and oxygen atoms in total. The molecule has 4 aromatic rings. The number of hydrogen-bond acceptors (Lipinski definition) is 9. The van der Waals surface area contributed by atoms with Gasteiger partial charge in [0.05, 0.1) is 34.0 Å². The summed E-state index contributed by atoms with van der Waals surface area (Å²) in [6.45, 7) is 0. The number of methoxy groups -OCH3 is 2. The van der Waals surface area contributed by atoms with E-state index in [4.69, 9.17) is 20.9 Å². The number of aromatic nitrogens is 2. The molecule has 0 fully saturated rings. The van der Waals surface area contributed by atoms with Gasteiger partial charge in [-0.3, -0.25) is 0 Å². The van der Waals surface area contributed by atoms with E-state index in [2.05, 4.69) is 9.97 Å². The third-order valence-corrected chi connectivity index (χ3v) is 7.25. The first kappa shape index (κ1) is 19.6. The molecule has 2 heterocycles. The van der Waals surface area contributed by atoms with Gasteiger partial charge in [-0.15, -0.1) is 0 Å². The van der Waals surface area contributed by atoms with Crippen LogP contribution in [-0.2, 0) is 0 Å². The molecule has 0 atom stereocenters. The topological polar surface area (TPSA) is 96.3 Å². The second-order valence-electron chi connectivity index (χ2n) is 5.94. The number of nitrogens with two attached hydrogens (primary N) is 2. The fourth-order valence-electron chi connectivity index (χ4n) is 2.73. The SMILES string of the molecule is COc1ccc(-c2nc(N)sc2Sc2sc(N)nc2-c2ccc(OC)cc2)cc1. The van der Waals surface area contributed by atoms with Crippen LogP contribution >= 0.6 is 34.4 Å². The van der Waals surface area contributed by atoms with E-state index in [1.165, 1.54) is 22.7 Å². The molecule has 4 rings (SSSR count). The molecule has 9 heteroatoms. The van der Waals surface area contributed by atoms with E-state index in [0.717, 1.165) is 42.4 Å². The van der Waals surface area contributed by atoms with Crippen molar-refractivity contribution in [1.29, 1.82) is 0 Å². The molecule has 0 bridgehead atoms. The summed E-state index contributed by atoms with van der Waals surface area (Å²) in [5, 5.41) is 1.03. The first-order chi connectivity index (χ1) is 14.1. The van der Waals surface area contributed by atoms with Crippen LogP contribution in [0.4, 0.5) is 10.3 Å². The summed E-state index contributed by atoms with van der Waals surface area (Å²) in [4.78, 5) is 9.07. The zero-order valence-electron chi connectivity index (χ0n) is 15.7. The standard InChI is InChI=1S/C20H18N4O2S3/c1-25-13-7-3-11(4-8-13)15-17(28-19(21)23-15)27-18-16(24-20(22)29-18)12-5-9-14(26-2)10-6-12/h3-10H,1-2H3,(H2,21,23)(H2,22,24). The lowest BCUT2D eigenvalue weighted by Gasteiger charge is -2.05. The molecule has 0 spiro atoms. The average molecular weight is 443 g/mol. The van der Waals surface area contributed by atoms with Gasteiger partial charge in [0.15, 0.2) is 10.3 Å². The van der Waals surface area contributed by atoms with Crippen LogP contribution in [0.25, 0.3) is 22.5 Å². The number of ether oxygens (including phenoxy) is 2. The van der Waals surface area contributed by atoms with Crippen LogP contribution < -0.4 is 20.9 Å². The summed E-state index contributed by atoms with van der Waals surface area (Å²) in [7, 11) is 3.29. The van der Waals surface area contributed by atoms with Crippen LogP contribution in [-0.4, -0.2) is 24.2 Å². The molecule has 2 aromatic heterocycles. The van der Waals surface area contributed by atoms with E-state index in [1.807, 2.05) is 48.5 Å². The van der Waals surface area contributed by atoms with Crippen LogP contribution in [0.5, 0.6) is 11.5 Å². The van der Waals surface area contributed by atoms with Gasteiger partial charge in [-0.1, -0.05) is 34.4 Å². The fourth-order valence-corrected chi connectivity index (χ4v) is 6.10. The number of rotatable bonds is 6. The quantitative estimate of drug-likeness (QED) is 0.420. The molecule has 0 unspecified atom stereocenters. The molecule has 0 saturated carbocycles. The normalized spacial score (nSPS) is 10.8. The number of thiazole rings is 2. The number of hydrogen-bond donors (Lipinski definition) is 2. The highest BCUT2D eigenvalue weighted by molar-refractivity contribution is 8.03. The number of nitrogens with zero attached hydrogens (tertiary/aromatic N) is 2. The lowest BCUT2D eigenvalue weighted by molar-refractivity contribution is 0.415. The van der Waals surface area contributed by atoms with E-state index in [9.17, 15) is 0 Å². The third-order valence-electron chi connectivity index (χ3n) is 4.14. The van der Waals surface area contributed by atoms with Gasteiger partial charge in [-0.2, -0.15) is 0 Å². The van der Waals surface area contributed by atoms with Crippen LogP contribution in [0, 0.1) is 0 Å². The van der Waals surface area contributed by atoms with Crippen molar-refractivity contribution in [3.8, 4) is 34.0 Å². The van der Waals surface area contributed by atoms with Gasteiger partial charge in [0, 0.05) is 11.1 Å². The molecular weight excluding hydrogens is 424 g/mol. The number of benzene rings is 2. The monoisotopic (exact) mass is 442 g/mol. The Balaban J connectivity index is 1.70. The van der Waals surface area contributed by atoms with Crippen molar-refractivity contribution in [2.75, 3.05) is 25.7 Å². The fraction of sp³-hybridized carbons (Fsp3) is 0.100. The van der Waals surface area contributed by atoms with Crippen LogP contribution in [0.3, 0.4) is 0 Å². The van der Waals surface area contributed by atoms with Crippen molar-refractivity contribution in [1.82, 2.24) is 9.97 Å². The molecule has 0 aliphatic heterocycles. The summed E-state index contributed by atoms with van der Waals surface area (Å²) in [6.07, 6.45) is 0. The molecular formula is C20H18N4O2S3. The Morgan fingerprint density at radius 3 is 1.41 bits per heavy atom. The van der Waals surface area contributed by atoms with Gasteiger partial charge in [0.1, 0.15) is 11.5 Å². The molecule has 0 radical (unpaired) electrons. The van der Waals surface area contributed by atoms with Crippen molar-refractivity contribution in [3.63, 3.8) is 0 Å². The highest BCUT2D eigenvalue weighted by Crippen LogP contribution is 2.47. The lowest BCUT2D eigenvalue weighted by atomic mass is 10.2. The Labute approximate surface area is 180 Å². The molecule has 0 aliphatic carbocycles. The van der Waals surface area contributed by atoms with Crippen molar-refractivity contribution in [2.24, 2.45) is 0 Å².